The maximum absolute atomic E-state index is 12.4. The third-order valence-electron chi connectivity index (χ3n) is 3.29. The van der Waals surface area contributed by atoms with Gasteiger partial charge in [0.25, 0.3) is 10.2 Å². The van der Waals surface area contributed by atoms with Gasteiger partial charge in [-0.25, -0.2) is 0 Å². The van der Waals surface area contributed by atoms with E-state index in [0.717, 1.165) is 10.7 Å². The minimum absolute atomic E-state index is 0.283. The number of carboxylic acids is 1. The highest BCUT2D eigenvalue weighted by Gasteiger charge is 2.38. The molecule has 1 heterocycles. The van der Waals surface area contributed by atoms with Crippen LogP contribution in [0.15, 0.2) is 0 Å². The van der Waals surface area contributed by atoms with E-state index in [1.54, 1.807) is 0 Å². The standard InChI is InChI=1S/C11H23N3O4S/c1-12(2)8-9-13(3)19(17,18)14-7-5-4-6-10(14)11(15)16/h10H,4-9H2,1-3H3,(H,15,16). The van der Waals surface area contributed by atoms with E-state index in [0.29, 0.717) is 25.9 Å². The first kappa shape index (κ1) is 16.4. The number of rotatable bonds is 6. The van der Waals surface area contributed by atoms with Crippen molar-refractivity contribution in [1.82, 2.24) is 13.5 Å². The fourth-order valence-electron chi connectivity index (χ4n) is 2.06. The van der Waals surface area contributed by atoms with E-state index in [2.05, 4.69) is 0 Å². The number of piperidine rings is 1. The Hall–Kier alpha value is -0.700. The first-order valence-corrected chi connectivity index (χ1v) is 7.77. The normalized spacial score (nSPS) is 22.1. The molecule has 8 heteroatoms. The van der Waals surface area contributed by atoms with E-state index in [9.17, 15) is 13.2 Å². The van der Waals surface area contributed by atoms with Crippen LogP contribution in [-0.2, 0) is 15.0 Å². The van der Waals surface area contributed by atoms with Gasteiger partial charge >= 0.3 is 5.97 Å². The summed E-state index contributed by atoms with van der Waals surface area (Å²) in [6.45, 7) is 1.23. The molecule has 0 aromatic carbocycles. The Bertz CT molecular complexity index is 410. The number of aliphatic carboxylic acids is 1. The molecule has 1 atom stereocenters. The van der Waals surface area contributed by atoms with Gasteiger partial charge in [-0.2, -0.15) is 17.0 Å². The second-order valence-electron chi connectivity index (χ2n) is 5.09. The second-order valence-corrected chi connectivity index (χ2v) is 7.08. The SMILES string of the molecule is CN(C)CCN(C)S(=O)(=O)N1CCCCC1C(=O)O. The van der Waals surface area contributed by atoms with Crippen LogP contribution < -0.4 is 0 Å². The Morgan fingerprint density at radius 3 is 2.42 bits per heavy atom. The van der Waals surface area contributed by atoms with Crippen LogP contribution in [0.3, 0.4) is 0 Å². The Kier molecular flexibility index (Phi) is 5.72. The molecule has 1 aliphatic rings. The molecule has 0 aromatic heterocycles. The average Bonchev–Trinajstić information content (AvgIpc) is 2.35. The van der Waals surface area contributed by atoms with Gasteiger partial charge in [0.15, 0.2) is 0 Å². The predicted molar refractivity (Wildman–Crippen MR) is 72.1 cm³/mol. The van der Waals surface area contributed by atoms with E-state index in [1.807, 2.05) is 19.0 Å². The van der Waals surface area contributed by atoms with E-state index in [-0.39, 0.29) is 6.54 Å². The second kappa shape index (κ2) is 6.65. The van der Waals surface area contributed by atoms with Gasteiger partial charge in [0.1, 0.15) is 6.04 Å². The highest BCUT2D eigenvalue weighted by Crippen LogP contribution is 2.22. The van der Waals surface area contributed by atoms with E-state index in [4.69, 9.17) is 5.11 Å². The largest absolute Gasteiger partial charge is 0.480 e. The summed E-state index contributed by atoms with van der Waals surface area (Å²) in [6.07, 6.45) is 1.85. The number of hydrogen-bond acceptors (Lipinski definition) is 4. The molecule has 112 valence electrons. The molecule has 19 heavy (non-hydrogen) atoms. The van der Waals surface area contributed by atoms with Crippen molar-refractivity contribution in [2.24, 2.45) is 0 Å². The van der Waals surface area contributed by atoms with Crippen molar-refractivity contribution in [2.75, 3.05) is 40.8 Å². The summed E-state index contributed by atoms with van der Waals surface area (Å²) in [4.78, 5) is 13.1. The number of hydrogen-bond donors (Lipinski definition) is 1. The van der Waals surface area contributed by atoms with E-state index < -0.39 is 22.2 Å². The Labute approximate surface area is 115 Å². The van der Waals surface area contributed by atoms with Crippen LogP contribution in [0.2, 0.25) is 0 Å². The molecule has 7 nitrogen and oxygen atoms in total. The zero-order valence-corrected chi connectivity index (χ0v) is 12.6. The minimum Gasteiger partial charge on any atom is -0.480 e. The minimum atomic E-state index is -3.69. The molecular formula is C11H23N3O4S. The summed E-state index contributed by atoms with van der Waals surface area (Å²) in [6, 6.07) is -0.930. The predicted octanol–water partition coefficient (Wildman–Crippen LogP) is -0.336. The third kappa shape index (κ3) is 4.13. The van der Waals surface area contributed by atoms with E-state index in [1.165, 1.54) is 11.4 Å². The van der Waals surface area contributed by atoms with Crippen molar-refractivity contribution in [1.29, 1.82) is 0 Å². The van der Waals surface area contributed by atoms with Gasteiger partial charge in [0, 0.05) is 26.7 Å². The van der Waals surface area contributed by atoms with Crippen molar-refractivity contribution in [3.05, 3.63) is 0 Å². The van der Waals surface area contributed by atoms with Crippen LogP contribution in [0.4, 0.5) is 0 Å². The van der Waals surface area contributed by atoms with Crippen molar-refractivity contribution in [2.45, 2.75) is 25.3 Å². The molecule has 1 fully saturated rings. The highest BCUT2D eigenvalue weighted by molar-refractivity contribution is 7.86. The number of nitrogens with zero attached hydrogens (tertiary/aromatic N) is 3. The first-order valence-electron chi connectivity index (χ1n) is 6.37. The number of carboxylic acid groups (broad SMARTS) is 1. The fraction of sp³-hybridized carbons (Fsp3) is 0.909. The van der Waals surface area contributed by atoms with Gasteiger partial charge < -0.3 is 10.0 Å². The lowest BCUT2D eigenvalue weighted by molar-refractivity contribution is -0.142. The molecule has 1 saturated heterocycles. The van der Waals surface area contributed by atoms with Crippen molar-refractivity contribution in [3.63, 3.8) is 0 Å². The molecule has 0 aliphatic carbocycles. The molecule has 0 radical (unpaired) electrons. The highest BCUT2D eigenvalue weighted by atomic mass is 32.2. The fourth-order valence-corrected chi connectivity index (χ4v) is 3.61. The monoisotopic (exact) mass is 293 g/mol. The molecule has 1 unspecified atom stereocenters. The summed E-state index contributed by atoms with van der Waals surface area (Å²) in [5.74, 6) is -1.07. The van der Waals surface area contributed by atoms with Crippen molar-refractivity contribution >= 4 is 16.2 Å². The van der Waals surface area contributed by atoms with Gasteiger partial charge in [-0.1, -0.05) is 0 Å². The lowest BCUT2D eigenvalue weighted by Gasteiger charge is -2.34. The van der Waals surface area contributed by atoms with Gasteiger partial charge in [-0.05, 0) is 33.4 Å². The van der Waals surface area contributed by atoms with Crippen LogP contribution >= 0.6 is 0 Å². The first-order chi connectivity index (χ1) is 8.76. The molecular weight excluding hydrogens is 270 g/mol. The molecule has 0 spiro atoms. The molecule has 1 rings (SSSR count). The van der Waals surface area contributed by atoms with Crippen LogP contribution in [0.25, 0.3) is 0 Å². The molecule has 0 saturated carbocycles. The smallest absolute Gasteiger partial charge is 0.322 e. The number of likely N-dealkylation sites (N-methyl/N-ethyl adjacent to an activating group) is 2. The molecule has 1 aliphatic heterocycles. The summed E-state index contributed by atoms with van der Waals surface area (Å²) < 4.78 is 27.1. The molecule has 1 N–H and O–H groups in total. The Morgan fingerprint density at radius 2 is 1.89 bits per heavy atom. The van der Waals surface area contributed by atoms with Crippen LogP contribution in [0.1, 0.15) is 19.3 Å². The lowest BCUT2D eigenvalue weighted by Crippen LogP contribution is -2.53. The summed E-state index contributed by atoms with van der Waals surface area (Å²) in [7, 11) is 1.52. The topological polar surface area (TPSA) is 81.2 Å². The zero-order valence-electron chi connectivity index (χ0n) is 11.7. The third-order valence-corrected chi connectivity index (χ3v) is 5.29. The summed E-state index contributed by atoms with van der Waals surface area (Å²) in [5.41, 5.74) is 0. The zero-order chi connectivity index (χ0) is 14.6. The molecule has 0 aromatic rings. The average molecular weight is 293 g/mol. The Morgan fingerprint density at radius 1 is 1.26 bits per heavy atom. The summed E-state index contributed by atoms with van der Waals surface area (Å²) >= 11 is 0. The quantitative estimate of drug-likeness (QED) is 0.725. The van der Waals surface area contributed by atoms with Crippen molar-refractivity contribution < 1.29 is 18.3 Å². The van der Waals surface area contributed by atoms with Gasteiger partial charge in [-0.15, -0.1) is 0 Å². The van der Waals surface area contributed by atoms with Crippen LogP contribution in [-0.4, -0.2) is 79.8 Å². The van der Waals surface area contributed by atoms with Gasteiger partial charge in [0.05, 0.1) is 0 Å². The Balaban J connectivity index is 2.81. The van der Waals surface area contributed by atoms with Crippen LogP contribution in [0.5, 0.6) is 0 Å². The molecule has 0 amide bonds. The number of carbonyl (C=O) groups is 1. The summed E-state index contributed by atoms with van der Waals surface area (Å²) in [5, 5.41) is 9.14. The maximum Gasteiger partial charge on any atom is 0.322 e. The van der Waals surface area contributed by atoms with Gasteiger partial charge in [0.2, 0.25) is 0 Å². The molecule has 0 bridgehead atoms. The van der Waals surface area contributed by atoms with E-state index >= 15 is 0 Å². The van der Waals surface area contributed by atoms with Gasteiger partial charge in [-0.3, -0.25) is 4.79 Å². The van der Waals surface area contributed by atoms with Crippen LogP contribution in [0, 0.1) is 0 Å². The maximum atomic E-state index is 12.4. The van der Waals surface area contributed by atoms with Crippen molar-refractivity contribution in [3.8, 4) is 0 Å². The lowest BCUT2D eigenvalue weighted by atomic mass is 10.1.